The van der Waals surface area contributed by atoms with E-state index in [4.69, 9.17) is 9.72 Å². The molecule has 0 spiro atoms. The monoisotopic (exact) mass is 476 g/mol. The van der Waals surface area contributed by atoms with E-state index >= 15 is 0 Å². The molecule has 1 saturated heterocycles. The van der Waals surface area contributed by atoms with E-state index in [9.17, 15) is 4.79 Å². The lowest BCUT2D eigenvalue weighted by molar-refractivity contribution is -0.113. The van der Waals surface area contributed by atoms with Crippen molar-refractivity contribution in [1.82, 2.24) is 19.6 Å². The maximum Gasteiger partial charge on any atom is 0.234 e. The standard InChI is InChI=1S/C25H28N6O2S/c1-25(2,3)23-27-20-7-5-4-6-19(20)22-28-29-24(31(22)23)34-16-21(32)26-17-8-10-18(11-9-17)30-12-14-33-15-13-30/h4-11H,12-16H2,1-3H3,(H,26,32). The number of aromatic nitrogens is 4. The third kappa shape index (κ3) is 4.58. The molecule has 0 bridgehead atoms. The van der Waals surface area contributed by atoms with Gasteiger partial charge in [0.1, 0.15) is 5.82 Å². The number of thioether (sulfide) groups is 1. The molecule has 0 saturated carbocycles. The van der Waals surface area contributed by atoms with Crippen molar-refractivity contribution in [3.8, 4) is 0 Å². The van der Waals surface area contributed by atoms with Crippen LogP contribution in [0.3, 0.4) is 0 Å². The molecule has 34 heavy (non-hydrogen) atoms. The van der Waals surface area contributed by atoms with Crippen LogP contribution in [0, 0.1) is 0 Å². The van der Waals surface area contributed by atoms with Crippen LogP contribution in [-0.2, 0) is 14.9 Å². The second-order valence-corrected chi connectivity index (χ2v) is 10.3. The van der Waals surface area contributed by atoms with E-state index < -0.39 is 0 Å². The van der Waals surface area contributed by atoms with Gasteiger partial charge in [0.2, 0.25) is 5.91 Å². The van der Waals surface area contributed by atoms with Crippen molar-refractivity contribution in [2.45, 2.75) is 31.3 Å². The first-order valence-corrected chi connectivity index (χ1v) is 12.4. The Labute approximate surface area is 202 Å². The number of carbonyl (C=O) groups excluding carboxylic acids is 1. The number of rotatable bonds is 5. The van der Waals surface area contributed by atoms with Crippen molar-refractivity contribution >= 4 is 45.6 Å². The maximum atomic E-state index is 12.7. The van der Waals surface area contributed by atoms with Gasteiger partial charge < -0.3 is 15.0 Å². The molecule has 0 radical (unpaired) electrons. The lowest BCUT2D eigenvalue weighted by Crippen LogP contribution is -2.36. The quantitative estimate of drug-likeness (QED) is 0.433. The van der Waals surface area contributed by atoms with Crippen LogP contribution >= 0.6 is 11.8 Å². The molecule has 1 aliphatic rings. The van der Waals surface area contributed by atoms with Gasteiger partial charge in [-0.15, -0.1) is 10.2 Å². The largest absolute Gasteiger partial charge is 0.378 e. The molecule has 176 valence electrons. The normalized spacial score (nSPS) is 14.6. The Kier molecular flexibility index (Phi) is 6.14. The molecule has 1 aliphatic heterocycles. The molecule has 4 aromatic rings. The summed E-state index contributed by atoms with van der Waals surface area (Å²) in [4.78, 5) is 19.9. The summed E-state index contributed by atoms with van der Waals surface area (Å²) < 4.78 is 7.40. The van der Waals surface area contributed by atoms with Crippen molar-refractivity contribution < 1.29 is 9.53 Å². The first kappa shape index (κ1) is 22.6. The van der Waals surface area contributed by atoms with Crippen LogP contribution in [0.15, 0.2) is 53.7 Å². The molecule has 1 amide bonds. The molecular formula is C25H28N6O2S. The number of carbonyl (C=O) groups is 1. The van der Waals surface area contributed by atoms with Crippen LogP contribution < -0.4 is 10.2 Å². The van der Waals surface area contributed by atoms with Crippen LogP contribution in [0.4, 0.5) is 11.4 Å². The van der Waals surface area contributed by atoms with Gasteiger partial charge in [-0.2, -0.15) is 0 Å². The number of fused-ring (bicyclic) bond motifs is 3. The van der Waals surface area contributed by atoms with E-state index in [0.29, 0.717) is 5.16 Å². The number of hydrogen-bond donors (Lipinski definition) is 1. The Bertz CT molecular complexity index is 1320. The summed E-state index contributed by atoms with van der Waals surface area (Å²) in [5.41, 5.74) is 3.35. The molecule has 8 nitrogen and oxygen atoms in total. The van der Waals surface area contributed by atoms with E-state index in [2.05, 4.69) is 41.2 Å². The Morgan fingerprint density at radius 3 is 2.53 bits per heavy atom. The Morgan fingerprint density at radius 2 is 1.79 bits per heavy atom. The molecule has 5 rings (SSSR count). The lowest BCUT2D eigenvalue weighted by Gasteiger charge is -2.28. The van der Waals surface area contributed by atoms with Crippen LogP contribution in [0.5, 0.6) is 0 Å². The van der Waals surface area contributed by atoms with Crippen LogP contribution in [0.1, 0.15) is 26.6 Å². The maximum absolute atomic E-state index is 12.7. The zero-order chi connectivity index (χ0) is 23.7. The molecule has 3 heterocycles. The van der Waals surface area contributed by atoms with Gasteiger partial charge in [-0.1, -0.05) is 44.7 Å². The predicted octanol–water partition coefficient (Wildman–Crippen LogP) is 4.14. The number of hydrogen-bond acceptors (Lipinski definition) is 7. The smallest absolute Gasteiger partial charge is 0.234 e. The second-order valence-electron chi connectivity index (χ2n) is 9.33. The van der Waals surface area contributed by atoms with Crippen molar-refractivity contribution in [2.24, 2.45) is 0 Å². The fraction of sp³-hybridized carbons (Fsp3) is 0.360. The summed E-state index contributed by atoms with van der Waals surface area (Å²) in [5, 5.41) is 13.4. The summed E-state index contributed by atoms with van der Waals surface area (Å²) >= 11 is 1.36. The Morgan fingerprint density at radius 1 is 1.06 bits per heavy atom. The van der Waals surface area contributed by atoms with Crippen molar-refractivity contribution in [2.75, 3.05) is 42.3 Å². The molecule has 9 heteroatoms. The highest BCUT2D eigenvalue weighted by atomic mass is 32.2. The number of nitrogens with one attached hydrogen (secondary N) is 1. The van der Waals surface area contributed by atoms with E-state index in [1.807, 2.05) is 52.9 Å². The molecule has 2 aromatic carbocycles. The van der Waals surface area contributed by atoms with Crippen LogP contribution in [0.25, 0.3) is 16.6 Å². The van der Waals surface area contributed by atoms with Gasteiger partial charge in [0, 0.05) is 35.3 Å². The zero-order valence-corrected chi connectivity index (χ0v) is 20.4. The number of ether oxygens (including phenoxy) is 1. The van der Waals surface area contributed by atoms with Gasteiger partial charge in [0.25, 0.3) is 0 Å². The van der Waals surface area contributed by atoms with E-state index in [0.717, 1.165) is 60.1 Å². The van der Waals surface area contributed by atoms with E-state index in [1.165, 1.54) is 11.8 Å². The SMILES string of the molecule is CC(C)(C)c1nc2ccccc2c2nnc(SCC(=O)Nc3ccc(N4CCOCC4)cc3)n12. The number of anilines is 2. The molecule has 0 unspecified atom stereocenters. The van der Waals surface area contributed by atoms with Crippen molar-refractivity contribution in [1.29, 1.82) is 0 Å². The van der Waals surface area contributed by atoms with E-state index in [-0.39, 0.29) is 17.1 Å². The van der Waals surface area contributed by atoms with Crippen LogP contribution in [0.2, 0.25) is 0 Å². The summed E-state index contributed by atoms with van der Waals surface area (Å²) in [6.45, 7) is 9.61. The van der Waals surface area contributed by atoms with E-state index in [1.54, 1.807) is 0 Å². The third-order valence-electron chi connectivity index (χ3n) is 5.75. The first-order chi connectivity index (χ1) is 16.4. The Balaban J connectivity index is 1.32. The van der Waals surface area contributed by atoms with Gasteiger partial charge >= 0.3 is 0 Å². The fourth-order valence-electron chi connectivity index (χ4n) is 4.06. The summed E-state index contributed by atoms with van der Waals surface area (Å²) in [5.74, 6) is 1.00. The summed E-state index contributed by atoms with van der Waals surface area (Å²) in [6, 6.07) is 15.9. The van der Waals surface area contributed by atoms with Crippen molar-refractivity contribution in [3.05, 3.63) is 54.4 Å². The van der Waals surface area contributed by atoms with Gasteiger partial charge in [-0.3, -0.25) is 9.20 Å². The summed E-state index contributed by atoms with van der Waals surface area (Å²) in [7, 11) is 0. The zero-order valence-electron chi connectivity index (χ0n) is 19.6. The average Bonchev–Trinajstić information content (AvgIpc) is 3.27. The molecule has 0 atom stereocenters. The number of para-hydroxylation sites is 1. The van der Waals surface area contributed by atoms with Gasteiger partial charge in [0.05, 0.1) is 24.5 Å². The van der Waals surface area contributed by atoms with Crippen LogP contribution in [-0.4, -0.2) is 57.5 Å². The molecular weight excluding hydrogens is 448 g/mol. The van der Waals surface area contributed by atoms with Gasteiger partial charge in [-0.05, 0) is 36.4 Å². The third-order valence-corrected chi connectivity index (χ3v) is 6.68. The molecule has 1 fully saturated rings. The summed E-state index contributed by atoms with van der Waals surface area (Å²) in [6.07, 6.45) is 0. The highest BCUT2D eigenvalue weighted by Crippen LogP contribution is 2.30. The second kappa shape index (κ2) is 9.23. The van der Waals surface area contributed by atoms with Gasteiger partial charge in [-0.25, -0.2) is 4.98 Å². The van der Waals surface area contributed by atoms with Gasteiger partial charge in [0.15, 0.2) is 10.8 Å². The molecule has 2 aromatic heterocycles. The van der Waals surface area contributed by atoms with Crippen molar-refractivity contribution in [3.63, 3.8) is 0 Å². The predicted molar refractivity (Wildman–Crippen MR) is 136 cm³/mol. The lowest BCUT2D eigenvalue weighted by atomic mass is 9.95. The number of amides is 1. The Hall–Kier alpha value is -3.17. The molecule has 0 aliphatic carbocycles. The minimum atomic E-state index is -0.218. The average molecular weight is 477 g/mol. The number of morpholine rings is 1. The minimum Gasteiger partial charge on any atom is -0.378 e. The molecule has 1 N–H and O–H groups in total. The first-order valence-electron chi connectivity index (χ1n) is 11.4. The fourth-order valence-corrected chi connectivity index (χ4v) is 4.79. The topological polar surface area (TPSA) is 84.6 Å². The number of nitrogens with zero attached hydrogens (tertiary/aromatic N) is 5. The highest BCUT2D eigenvalue weighted by molar-refractivity contribution is 7.99. The highest BCUT2D eigenvalue weighted by Gasteiger charge is 2.24. The minimum absolute atomic E-state index is 0.0908. The number of benzene rings is 2.